The molecule has 3 rings (SSSR count). The van der Waals surface area contributed by atoms with E-state index in [4.69, 9.17) is 21.1 Å². The molecule has 10 heteroatoms. The van der Waals surface area contributed by atoms with Crippen molar-refractivity contribution in [1.29, 1.82) is 0 Å². The van der Waals surface area contributed by atoms with Crippen LogP contribution in [0.15, 0.2) is 41.3 Å². The van der Waals surface area contributed by atoms with Crippen LogP contribution in [0, 0.1) is 0 Å². The number of nitrogens with one attached hydrogen (secondary N) is 1. The van der Waals surface area contributed by atoms with Gasteiger partial charge >= 0.3 is 0 Å². The van der Waals surface area contributed by atoms with E-state index in [2.05, 4.69) is 10.2 Å². The minimum absolute atomic E-state index is 0.196. The van der Waals surface area contributed by atoms with E-state index in [0.29, 0.717) is 55.5 Å². The van der Waals surface area contributed by atoms with Crippen molar-refractivity contribution in [2.24, 2.45) is 0 Å². The summed E-state index contributed by atoms with van der Waals surface area (Å²) in [6.07, 6.45) is 0.808. The second kappa shape index (κ2) is 10.5. The Morgan fingerprint density at radius 3 is 2.38 bits per heavy atom. The molecule has 0 spiro atoms. The standard InChI is InChI=1S/C22H28ClN3O5S/c1-4-13-31-21-19(23)14-16(15-20(21)30-3)22(27)24-17-5-7-18(8-6-17)32(28,29)26-11-9-25(2)10-12-26/h5-8,14-15H,4,9-13H2,1-3H3,(H,24,27). The molecule has 0 radical (unpaired) electrons. The van der Waals surface area contributed by atoms with E-state index >= 15 is 0 Å². The topological polar surface area (TPSA) is 88.2 Å². The molecule has 0 saturated carbocycles. The van der Waals surface area contributed by atoms with Crippen molar-refractivity contribution in [3.05, 3.63) is 47.0 Å². The van der Waals surface area contributed by atoms with Crippen LogP contribution in [0.25, 0.3) is 0 Å². The quantitative estimate of drug-likeness (QED) is 0.622. The number of hydrogen-bond donors (Lipinski definition) is 1. The van der Waals surface area contributed by atoms with Crippen LogP contribution in [-0.2, 0) is 10.0 Å². The summed E-state index contributed by atoms with van der Waals surface area (Å²) in [5.41, 5.74) is 0.763. The van der Waals surface area contributed by atoms with Crippen molar-refractivity contribution in [2.45, 2.75) is 18.2 Å². The highest BCUT2D eigenvalue weighted by Gasteiger charge is 2.27. The number of ether oxygens (including phenoxy) is 2. The monoisotopic (exact) mass is 481 g/mol. The number of hydrogen-bond acceptors (Lipinski definition) is 6. The van der Waals surface area contributed by atoms with Crippen LogP contribution in [0.3, 0.4) is 0 Å². The smallest absolute Gasteiger partial charge is 0.255 e. The number of benzene rings is 2. The zero-order valence-corrected chi connectivity index (χ0v) is 20.0. The molecule has 0 atom stereocenters. The molecular formula is C22H28ClN3O5S. The second-order valence-electron chi connectivity index (χ2n) is 7.52. The summed E-state index contributed by atoms with van der Waals surface area (Å²) < 4.78 is 38.1. The van der Waals surface area contributed by atoms with Gasteiger partial charge in [-0.25, -0.2) is 8.42 Å². The first-order valence-corrected chi connectivity index (χ1v) is 12.2. The molecular weight excluding hydrogens is 454 g/mol. The van der Waals surface area contributed by atoms with E-state index in [0.717, 1.165) is 6.42 Å². The molecule has 2 aromatic carbocycles. The molecule has 0 bridgehead atoms. The normalized spacial score (nSPS) is 15.4. The van der Waals surface area contributed by atoms with Gasteiger partial charge in [0, 0.05) is 37.4 Å². The molecule has 1 saturated heterocycles. The predicted molar refractivity (Wildman–Crippen MR) is 124 cm³/mol. The molecule has 8 nitrogen and oxygen atoms in total. The Morgan fingerprint density at radius 2 is 1.78 bits per heavy atom. The third-order valence-corrected chi connectivity index (χ3v) is 7.35. The maximum Gasteiger partial charge on any atom is 0.255 e. The number of likely N-dealkylation sites (N-methyl/N-ethyl adjacent to an activating group) is 1. The van der Waals surface area contributed by atoms with Crippen molar-refractivity contribution in [2.75, 3.05) is 52.3 Å². The third-order valence-electron chi connectivity index (χ3n) is 5.15. The SMILES string of the molecule is CCCOc1c(Cl)cc(C(=O)Nc2ccc(S(=O)(=O)N3CCN(C)CC3)cc2)cc1OC. The summed E-state index contributed by atoms with van der Waals surface area (Å²) in [6.45, 7) is 4.76. The summed E-state index contributed by atoms with van der Waals surface area (Å²) >= 11 is 6.29. The lowest BCUT2D eigenvalue weighted by molar-refractivity contribution is 0.102. The van der Waals surface area contributed by atoms with E-state index in [1.807, 2.05) is 14.0 Å². The Hall–Kier alpha value is -2.33. The number of anilines is 1. The van der Waals surface area contributed by atoms with Crippen molar-refractivity contribution in [3.63, 3.8) is 0 Å². The van der Waals surface area contributed by atoms with Gasteiger partial charge in [-0.3, -0.25) is 4.79 Å². The van der Waals surface area contributed by atoms with Crippen LogP contribution in [-0.4, -0.2) is 70.5 Å². The van der Waals surface area contributed by atoms with E-state index < -0.39 is 15.9 Å². The number of carbonyl (C=O) groups excluding carboxylic acids is 1. The fourth-order valence-electron chi connectivity index (χ4n) is 3.29. The number of sulfonamides is 1. The van der Waals surface area contributed by atoms with Crippen LogP contribution >= 0.6 is 11.6 Å². The van der Waals surface area contributed by atoms with E-state index in [1.54, 1.807) is 18.2 Å². The fourth-order valence-corrected chi connectivity index (χ4v) is 4.97. The average molecular weight is 482 g/mol. The van der Waals surface area contributed by atoms with Crippen LogP contribution in [0.1, 0.15) is 23.7 Å². The lowest BCUT2D eigenvalue weighted by atomic mass is 10.1. The Morgan fingerprint density at radius 1 is 1.12 bits per heavy atom. The summed E-state index contributed by atoms with van der Waals surface area (Å²) in [4.78, 5) is 15.0. The van der Waals surface area contributed by atoms with Crippen molar-refractivity contribution in [1.82, 2.24) is 9.21 Å². The Labute approximate surface area is 194 Å². The van der Waals surface area contributed by atoms with Gasteiger partial charge in [-0.05, 0) is 49.9 Å². The number of amides is 1. The molecule has 1 amide bonds. The molecule has 1 heterocycles. The molecule has 0 aromatic heterocycles. The number of carbonyl (C=O) groups is 1. The minimum atomic E-state index is -3.56. The summed E-state index contributed by atoms with van der Waals surface area (Å²) in [6, 6.07) is 9.20. The van der Waals surface area contributed by atoms with Gasteiger partial charge in [0.15, 0.2) is 11.5 Å². The van der Waals surface area contributed by atoms with Gasteiger partial charge < -0.3 is 19.7 Å². The van der Waals surface area contributed by atoms with Gasteiger partial charge in [-0.2, -0.15) is 4.31 Å². The predicted octanol–water partition coefficient (Wildman–Crippen LogP) is 3.33. The number of piperazine rings is 1. The Kier molecular flexibility index (Phi) is 8.00. The number of methoxy groups -OCH3 is 1. The zero-order chi connectivity index (χ0) is 23.3. The van der Waals surface area contributed by atoms with Crippen LogP contribution in [0.5, 0.6) is 11.5 Å². The van der Waals surface area contributed by atoms with Crippen molar-refractivity contribution in [3.8, 4) is 11.5 Å². The Bertz CT molecular complexity index is 1050. The second-order valence-corrected chi connectivity index (χ2v) is 9.87. The zero-order valence-electron chi connectivity index (χ0n) is 18.4. The first-order chi connectivity index (χ1) is 15.3. The molecule has 0 aliphatic carbocycles. The van der Waals surface area contributed by atoms with Gasteiger partial charge in [-0.1, -0.05) is 18.5 Å². The fraction of sp³-hybridized carbons (Fsp3) is 0.409. The first-order valence-electron chi connectivity index (χ1n) is 10.4. The molecule has 1 fully saturated rings. The average Bonchev–Trinajstić information content (AvgIpc) is 2.78. The highest BCUT2D eigenvalue weighted by atomic mass is 35.5. The highest BCUT2D eigenvalue weighted by Crippen LogP contribution is 2.36. The number of rotatable bonds is 8. The molecule has 1 aliphatic rings. The summed E-state index contributed by atoms with van der Waals surface area (Å²) in [7, 11) is -0.118. The number of halogens is 1. The molecule has 32 heavy (non-hydrogen) atoms. The molecule has 1 N–H and O–H groups in total. The van der Waals surface area contributed by atoms with Crippen molar-refractivity contribution < 1.29 is 22.7 Å². The van der Waals surface area contributed by atoms with Crippen molar-refractivity contribution >= 4 is 33.2 Å². The molecule has 174 valence electrons. The number of nitrogens with zero attached hydrogens (tertiary/aromatic N) is 2. The van der Waals surface area contributed by atoms with Crippen LogP contribution in [0.2, 0.25) is 5.02 Å². The molecule has 1 aliphatic heterocycles. The van der Waals surface area contributed by atoms with Crippen LogP contribution < -0.4 is 14.8 Å². The van der Waals surface area contributed by atoms with Gasteiger partial charge in [0.25, 0.3) is 5.91 Å². The summed E-state index contributed by atoms with van der Waals surface area (Å²) in [5.74, 6) is 0.359. The van der Waals surface area contributed by atoms with Gasteiger partial charge in [0.1, 0.15) is 0 Å². The van der Waals surface area contributed by atoms with Crippen LogP contribution in [0.4, 0.5) is 5.69 Å². The highest BCUT2D eigenvalue weighted by molar-refractivity contribution is 7.89. The third kappa shape index (κ3) is 5.53. The lowest BCUT2D eigenvalue weighted by Gasteiger charge is -2.31. The summed E-state index contributed by atoms with van der Waals surface area (Å²) in [5, 5.41) is 3.03. The van der Waals surface area contributed by atoms with Gasteiger partial charge in [0.2, 0.25) is 10.0 Å². The molecule has 2 aromatic rings. The van der Waals surface area contributed by atoms with Gasteiger partial charge in [-0.15, -0.1) is 0 Å². The maximum absolute atomic E-state index is 12.8. The molecule has 0 unspecified atom stereocenters. The Balaban J connectivity index is 1.73. The van der Waals surface area contributed by atoms with Gasteiger partial charge in [0.05, 0.1) is 23.6 Å². The van der Waals surface area contributed by atoms with E-state index in [1.165, 1.54) is 29.6 Å². The largest absolute Gasteiger partial charge is 0.493 e. The minimum Gasteiger partial charge on any atom is -0.493 e. The lowest BCUT2D eigenvalue weighted by Crippen LogP contribution is -2.46. The first kappa shape index (κ1) is 24.3. The van der Waals surface area contributed by atoms with E-state index in [-0.39, 0.29) is 9.92 Å². The maximum atomic E-state index is 12.8. The van der Waals surface area contributed by atoms with E-state index in [9.17, 15) is 13.2 Å².